The minimum atomic E-state index is -0.0319. The highest BCUT2D eigenvalue weighted by molar-refractivity contribution is 5.75. The molecule has 1 saturated carbocycles. The summed E-state index contributed by atoms with van der Waals surface area (Å²) in [6.45, 7) is 3.07. The molecule has 1 aliphatic carbocycles. The number of likely N-dealkylation sites (tertiary alicyclic amines) is 1. The van der Waals surface area contributed by atoms with Crippen molar-refractivity contribution in [1.29, 1.82) is 0 Å². The predicted octanol–water partition coefficient (Wildman–Crippen LogP) is 1.91. The molecule has 2 amide bonds. The Balaban J connectivity index is 1.44. The Morgan fingerprint density at radius 3 is 2.91 bits per heavy atom. The monoisotopic (exact) mass is 317 g/mol. The van der Waals surface area contributed by atoms with E-state index in [9.17, 15) is 4.79 Å². The molecule has 0 spiro atoms. The lowest BCUT2D eigenvalue weighted by molar-refractivity contribution is -0.0783. The number of ether oxygens (including phenoxy) is 2. The van der Waals surface area contributed by atoms with Crippen molar-refractivity contribution in [1.82, 2.24) is 14.8 Å². The van der Waals surface area contributed by atoms with Gasteiger partial charge < -0.3 is 19.3 Å². The first-order valence-electron chi connectivity index (χ1n) is 8.57. The number of nitrogens with zero attached hydrogens (tertiary/aromatic N) is 3. The zero-order valence-electron chi connectivity index (χ0n) is 13.3. The van der Waals surface area contributed by atoms with Gasteiger partial charge in [0.2, 0.25) is 0 Å². The van der Waals surface area contributed by atoms with Crippen molar-refractivity contribution in [2.75, 3.05) is 26.2 Å². The molecule has 1 aromatic rings. The predicted molar refractivity (Wildman–Crippen MR) is 84.3 cm³/mol. The molecule has 124 valence electrons. The normalized spacial score (nSPS) is 30.3. The highest BCUT2D eigenvalue weighted by atomic mass is 16.5. The Labute approximate surface area is 136 Å². The van der Waals surface area contributed by atoms with E-state index < -0.39 is 0 Å². The van der Waals surface area contributed by atoms with Gasteiger partial charge in [-0.3, -0.25) is 4.98 Å². The van der Waals surface area contributed by atoms with E-state index in [0.29, 0.717) is 13.2 Å². The number of carbonyl (C=O) groups is 1. The van der Waals surface area contributed by atoms with E-state index in [2.05, 4.69) is 4.98 Å². The lowest BCUT2D eigenvalue weighted by atomic mass is 10.1. The fourth-order valence-electron chi connectivity index (χ4n) is 3.96. The van der Waals surface area contributed by atoms with E-state index in [0.717, 1.165) is 44.5 Å². The third-order valence-corrected chi connectivity index (χ3v) is 5.08. The van der Waals surface area contributed by atoms with Crippen LogP contribution in [-0.2, 0) is 4.74 Å². The summed E-state index contributed by atoms with van der Waals surface area (Å²) in [6.07, 6.45) is 7.52. The van der Waals surface area contributed by atoms with Gasteiger partial charge in [-0.25, -0.2) is 4.79 Å². The number of urea groups is 1. The third kappa shape index (κ3) is 2.87. The standard InChI is InChI=1S/C17H23N3O3/c21-17(19-8-1-2-9-19)20-10-11-22-16-14(20)5-6-15(16)23-13-4-3-7-18-12-13/h3-4,7,12,14-16H,1-2,5-6,8-11H2/t14-,15-,16+/m0/s1. The summed E-state index contributed by atoms with van der Waals surface area (Å²) in [6, 6.07) is 4.10. The first-order valence-corrected chi connectivity index (χ1v) is 8.57. The van der Waals surface area contributed by atoms with E-state index in [1.165, 1.54) is 0 Å². The Morgan fingerprint density at radius 1 is 1.26 bits per heavy atom. The summed E-state index contributed by atoms with van der Waals surface area (Å²) in [4.78, 5) is 20.8. The number of carbonyl (C=O) groups excluding carboxylic acids is 1. The van der Waals surface area contributed by atoms with E-state index in [1.807, 2.05) is 21.9 Å². The number of amides is 2. The molecule has 0 unspecified atom stereocenters. The van der Waals surface area contributed by atoms with Gasteiger partial charge in [0.1, 0.15) is 18.0 Å². The van der Waals surface area contributed by atoms with Gasteiger partial charge in [-0.1, -0.05) is 0 Å². The van der Waals surface area contributed by atoms with Crippen molar-refractivity contribution < 1.29 is 14.3 Å². The van der Waals surface area contributed by atoms with E-state index in [4.69, 9.17) is 9.47 Å². The summed E-state index contributed by atoms with van der Waals surface area (Å²) < 4.78 is 12.0. The van der Waals surface area contributed by atoms with E-state index in [-0.39, 0.29) is 24.3 Å². The van der Waals surface area contributed by atoms with Crippen molar-refractivity contribution in [3.8, 4) is 5.75 Å². The second-order valence-electron chi connectivity index (χ2n) is 6.50. The van der Waals surface area contributed by atoms with Gasteiger partial charge in [-0.05, 0) is 37.8 Å². The van der Waals surface area contributed by atoms with Gasteiger partial charge in [0.15, 0.2) is 0 Å². The second-order valence-corrected chi connectivity index (χ2v) is 6.50. The molecule has 3 aliphatic rings. The fourth-order valence-corrected chi connectivity index (χ4v) is 3.96. The zero-order valence-corrected chi connectivity index (χ0v) is 13.3. The minimum Gasteiger partial charge on any atom is -0.486 e. The zero-order chi connectivity index (χ0) is 15.6. The number of hydrogen-bond acceptors (Lipinski definition) is 4. The van der Waals surface area contributed by atoms with Crippen LogP contribution in [0.1, 0.15) is 25.7 Å². The molecule has 3 heterocycles. The smallest absolute Gasteiger partial charge is 0.320 e. The summed E-state index contributed by atoms with van der Waals surface area (Å²) in [7, 11) is 0. The van der Waals surface area contributed by atoms with Crippen LogP contribution in [0.3, 0.4) is 0 Å². The molecule has 3 atom stereocenters. The maximum Gasteiger partial charge on any atom is 0.320 e. The molecular weight excluding hydrogens is 294 g/mol. The molecule has 1 aromatic heterocycles. The van der Waals surface area contributed by atoms with Crippen LogP contribution in [0.5, 0.6) is 5.75 Å². The highest BCUT2D eigenvalue weighted by Crippen LogP contribution is 2.33. The topological polar surface area (TPSA) is 54.9 Å². The number of morpholine rings is 1. The van der Waals surface area contributed by atoms with Crippen molar-refractivity contribution in [3.63, 3.8) is 0 Å². The second kappa shape index (κ2) is 6.35. The molecule has 4 rings (SSSR count). The fraction of sp³-hybridized carbons (Fsp3) is 0.647. The lowest BCUT2D eigenvalue weighted by Gasteiger charge is -2.40. The maximum atomic E-state index is 12.8. The molecule has 6 heteroatoms. The number of rotatable bonds is 2. The first-order chi connectivity index (χ1) is 11.3. The number of hydrogen-bond donors (Lipinski definition) is 0. The Kier molecular flexibility index (Phi) is 4.08. The summed E-state index contributed by atoms with van der Waals surface area (Å²) >= 11 is 0. The van der Waals surface area contributed by atoms with Gasteiger partial charge in [-0.2, -0.15) is 0 Å². The van der Waals surface area contributed by atoms with E-state index >= 15 is 0 Å². The molecule has 0 radical (unpaired) electrons. The van der Waals surface area contributed by atoms with Crippen molar-refractivity contribution in [2.45, 2.75) is 43.9 Å². The molecule has 3 fully saturated rings. The highest BCUT2D eigenvalue weighted by Gasteiger charge is 2.46. The molecule has 0 bridgehead atoms. The van der Waals surface area contributed by atoms with Gasteiger partial charge in [0.05, 0.1) is 18.8 Å². The number of pyridine rings is 1. The maximum absolute atomic E-state index is 12.8. The Hall–Kier alpha value is -1.82. The van der Waals surface area contributed by atoms with Crippen LogP contribution in [0, 0.1) is 0 Å². The molecule has 0 N–H and O–H groups in total. The lowest BCUT2D eigenvalue weighted by Crippen LogP contribution is -2.57. The Morgan fingerprint density at radius 2 is 2.13 bits per heavy atom. The SMILES string of the molecule is O=C(N1CCCC1)N1CCO[C@H]2[C@@H](Oc3cccnc3)CC[C@@H]21. The first kappa shape index (κ1) is 14.8. The van der Waals surface area contributed by atoms with Crippen LogP contribution < -0.4 is 4.74 Å². The van der Waals surface area contributed by atoms with E-state index in [1.54, 1.807) is 12.4 Å². The van der Waals surface area contributed by atoms with Crippen LogP contribution in [-0.4, -0.2) is 65.3 Å². The van der Waals surface area contributed by atoms with Gasteiger partial charge in [0, 0.05) is 25.8 Å². The average Bonchev–Trinajstić information content (AvgIpc) is 3.25. The van der Waals surface area contributed by atoms with Crippen LogP contribution >= 0.6 is 0 Å². The van der Waals surface area contributed by atoms with Crippen molar-refractivity contribution in [2.24, 2.45) is 0 Å². The van der Waals surface area contributed by atoms with Crippen LogP contribution in [0.25, 0.3) is 0 Å². The summed E-state index contributed by atoms with van der Waals surface area (Å²) in [5.41, 5.74) is 0. The summed E-state index contributed by atoms with van der Waals surface area (Å²) in [5.74, 6) is 0.768. The Bertz CT molecular complexity index is 547. The quantitative estimate of drug-likeness (QED) is 0.836. The molecule has 2 saturated heterocycles. The van der Waals surface area contributed by atoms with Crippen LogP contribution in [0.2, 0.25) is 0 Å². The van der Waals surface area contributed by atoms with Crippen molar-refractivity contribution >= 4 is 6.03 Å². The molecule has 2 aliphatic heterocycles. The molecule has 6 nitrogen and oxygen atoms in total. The number of fused-ring (bicyclic) bond motifs is 1. The molecular formula is C17H23N3O3. The van der Waals surface area contributed by atoms with Crippen molar-refractivity contribution in [3.05, 3.63) is 24.5 Å². The molecule has 0 aromatic carbocycles. The third-order valence-electron chi connectivity index (χ3n) is 5.08. The largest absolute Gasteiger partial charge is 0.486 e. The number of aromatic nitrogens is 1. The summed E-state index contributed by atoms with van der Waals surface area (Å²) in [5, 5.41) is 0. The molecule has 23 heavy (non-hydrogen) atoms. The van der Waals surface area contributed by atoms with Crippen LogP contribution in [0.4, 0.5) is 4.79 Å². The van der Waals surface area contributed by atoms with Gasteiger partial charge >= 0.3 is 6.03 Å². The van der Waals surface area contributed by atoms with Gasteiger partial charge in [0.25, 0.3) is 0 Å². The average molecular weight is 317 g/mol. The van der Waals surface area contributed by atoms with Crippen LogP contribution in [0.15, 0.2) is 24.5 Å². The van der Waals surface area contributed by atoms with Gasteiger partial charge in [-0.15, -0.1) is 0 Å². The minimum absolute atomic E-state index is 0.00150.